The summed E-state index contributed by atoms with van der Waals surface area (Å²) in [4.78, 5) is 22.6. The number of thioether (sulfide) groups is 1. The lowest BCUT2D eigenvalue weighted by molar-refractivity contribution is 0.0696. The van der Waals surface area contributed by atoms with Crippen LogP contribution >= 0.6 is 23.1 Å². The van der Waals surface area contributed by atoms with Crippen molar-refractivity contribution in [2.24, 2.45) is 0 Å². The maximum absolute atomic E-state index is 10.6. The van der Waals surface area contributed by atoms with E-state index in [1.807, 2.05) is 0 Å². The lowest BCUT2D eigenvalue weighted by Crippen LogP contribution is -1.96. The zero-order chi connectivity index (χ0) is 12.3. The van der Waals surface area contributed by atoms with Gasteiger partial charge in [-0.15, -0.1) is 11.3 Å². The fourth-order valence-electron chi connectivity index (χ4n) is 1.06. The van der Waals surface area contributed by atoms with E-state index < -0.39 is 5.97 Å². The Kier molecular flexibility index (Phi) is 3.55. The Morgan fingerprint density at radius 2 is 2.24 bits per heavy atom. The van der Waals surface area contributed by atoms with Crippen LogP contribution in [0.2, 0.25) is 0 Å². The Hall–Kier alpha value is -1.67. The summed E-state index contributed by atoms with van der Waals surface area (Å²) in [5.41, 5.74) is 6.33. The highest BCUT2D eigenvalue weighted by molar-refractivity contribution is 7.98. The van der Waals surface area contributed by atoms with Crippen LogP contribution in [0.5, 0.6) is 0 Å². The van der Waals surface area contributed by atoms with Gasteiger partial charge in [-0.3, -0.25) is 0 Å². The summed E-state index contributed by atoms with van der Waals surface area (Å²) in [6, 6.07) is 0. The molecule has 0 spiro atoms. The van der Waals surface area contributed by atoms with Crippen LogP contribution in [0.4, 0.5) is 5.82 Å². The Balaban J connectivity index is 2.02. The van der Waals surface area contributed by atoms with Crippen molar-refractivity contribution in [3.63, 3.8) is 0 Å². The second-order valence-electron chi connectivity index (χ2n) is 2.98. The number of nitrogens with zero attached hydrogens (tertiary/aromatic N) is 3. The lowest BCUT2D eigenvalue weighted by atomic mass is 10.6. The maximum atomic E-state index is 10.6. The molecule has 17 heavy (non-hydrogen) atoms. The fourth-order valence-corrected chi connectivity index (χ4v) is 2.59. The van der Waals surface area contributed by atoms with E-state index in [9.17, 15) is 4.79 Å². The summed E-state index contributed by atoms with van der Waals surface area (Å²) in [6.07, 6.45) is 3.08. The van der Waals surface area contributed by atoms with E-state index in [0.29, 0.717) is 22.3 Å². The number of thiazole rings is 1. The van der Waals surface area contributed by atoms with Gasteiger partial charge in [-0.2, -0.15) is 0 Å². The average molecular weight is 268 g/mol. The summed E-state index contributed by atoms with van der Waals surface area (Å²) in [7, 11) is 0. The largest absolute Gasteiger partial charge is 0.476 e. The number of carbonyl (C=O) groups is 1. The lowest BCUT2D eigenvalue weighted by Gasteiger charge is -2.00. The third-order valence-corrected chi connectivity index (χ3v) is 3.69. The Morgan fingerprint density at radius 3 is 2.88 bits per heavy atom. The topological polar surface area (TPSA) is 102 Å². The number of rotatable bonds is 4. The fraction of sp³-hybridized carbons (Fsp3) is 0.111. The molecule has 0 radical (unpaired) electrons. The van der Waals surface area contributed by atoms with Gasteiger partial charge in [0.05, 0.1) is 5.69 Å². The molecule has 0 unspecified atom stereocenters. The molecule has 0 aromatic carbocycles. The zero-order valence-electron chi connectivity index (χ0n) is 8.53. The minimum absolute atomic E-state index is 0.0905. The van der Waals surface area contributed by atoms with Gasteiger partial charge in [-0.25, -0.2) is 19.7 Å². The van der Waals surface area contributed by atoms with Crippen molar-refractivity contribution in [2.75, 3.05) is 5.73 Å². The molecule has 8 heteroatoms. The first-order valence-electron chi connectivity index (χ1n) is 4.54. The van der Waals surface area contributed by atoms with Crippen LogP contribution in [0.25, 0.3) is 0 Å². The first-order valence-corrected chi connectivity index (χ1v) is 6.40. The number of hydrogen-bond acceptors (Lipinski definition) is 7. The number of nitrogen functional groups attached to an aromatic ring is 1. The molecule has 0 aliphatic rings. The summed E-state index contributed by atoms with van der Waals surface area (Å²) in [5.74, 6) is -0.122. The first kappa shape index (κ1) is 11.8. The minimum atomic E-state index is -1.01. The highest BCUT2D eigenvalue weighted by Crippen LogP contribution is 2.24. The first-order chi connectivity index (χ1) is 8.16. The summed E-state index contributed by atoms with van der Waals surface area (Å²) < 4.78 is 0. The zero-order valence-corrected chi connectivity index (χ0v) is 10.2. The third-order valence-electron chi connectivity index (χ3n) is 1.78. The second kappa shape index (κ2) is 5.11. The van der Waals surface area contributed by atoms with E-state index in [1.54, 1.807) is 11.6 Å². The average Bonchev–Trinajstić information content (AvgIpc) is 2.77. The summed E-state index contributed by atoms with van der Waals surface area (Å²) in [6.45, 7) is 0. The molecule has 0 amide bonds. The molecular formula is C9H8N4O2S2. The van der Waals surface area contributed by atoms with Crippen molar-refractivity contribution in [3.8, 4) is 0 Å². The quantitative estimate of drug-likeness (QED) is 0.810. The molecule has 2 heterocycles. The van der Waals surface area contributed by atoms with Gasteiger partial charge >= 0.3 is 5.97 Å². The van der Waals surface area contributed by atoms with Crippen molar-refractivity contribution >= 4 is 34.9 Å². The van der Waals surface area contributed by atoms with Crippen LogP contribution < -0.4 is 5.73 Å². The maximum Gasteiger partial charge on any atom is 0.365 e. The van der Waals surface area contributed by atoms with Crippen molar-refractivity contribution in [2.45, 2.75) is 10.8 Å². The Labute approximate surface area is 105 Å². The number of anilines is 1. The molecule has 6 nitrogen and oxygen atoms in total. The number of carboxylic acid groups (broad SMARTS) is 1. The Morgan fingerprint density at radius 1 is 1.47 bits per heavy atom. The molecule has 0 aliphatic carbocycles. The molecule has 0 atom stereocenters. The Bertz CT molecular complexity index is 543. The van der Waals surface area contributed by atoms with Crippen LogP contribution in [-0.2, 0) is 5.75 Å². The van der Waals surface area contributed by atoms with Crippen molar-refractivity contribution in [3.05, 3.63) is 28.5 Å². The predicted octanol–water partition coefficient (Wildman–Crippen LogP) is 1.51. The third kappa shape index (κ3) is 2.92. The van der Waals surface area contributed by atoms with E-state index in [2.05, 4.69) is 15.0 Å². The van der Waals surface area contributed by atoms with Crippen molar-refractivity contribution in [1.29, 1.82) is 0 Å². The molecule has 3 N–H and O–H groups in total. The van der Waals surface area contributed by atoms with Crippen LogP contribution in [0, 0.1) is 0 Å². The van der Waals surface area contributed by atoms with Gasteiger partial charge in [0.1, 0.15) is 5.03 Å². The SMILES string of the molecule is Nc1nccnc1SCc1csc(C(=O)O)n1. The van der Waals surface area contributed by atoms with E-state index in [-0.39, 0.29) is 5.01 Å². The molecule has 0 saturated carbocycles. The number of carboxylic acids is 1. The standard InChI is InChI=1S/C9H8N4O2S2/c10-6-7(12-2-1-11-6)16-3-5-4-17-8(13-5)9(14)15/h1-2,4H,3H2,(H2,10,11)(H,14,15). The smallest absolute Gasteiger partial charge is 0.365 e. The number of aromatic nitrogens is 3. The van der Waals surface area contributed by atoms with Gasteiger partial charge in [0.25, 0.3) is 0 Å². The van der Waals surface area contributed by atoms with Gasteiger partial charge in [0.2, 0.25) is 5.01 Å². The highest BCUT2D eigenvalue weighted by Gasteiger charge is 2.10. The van der Waals surface area contributed by atoms with Crippen LogP contribution in [0.15, 0.2) is 22.8 Å². The molecule has 2 rings (SSSR count). The number of nitrogens with two attached hydrogens (primary N) is 1. The van der Waals surface area contributed by atoms with Gasteiger partial charge < -0.3 is 10.8 Å². The van der Waals surface area contributed by atoms with Crippen molar-refractivity contribution < 1.29 is 9.90 Å². The van der Waals surface area contributed by atoms with Crippen LogP contribution in [0.3, 0.4) is 0 Å². The molecule has 2 aromatic rings. The number of aromatic carboxylic acids is 1. The van der Waals surface area contributed by atoms with E-state index in [0.717, 1.165) is 11.3 Å². The van der Waals surface area contributed by atoms with Crippen LogP contribution in [-0.4, -0.2) is 26.0 Å². The molecule has 0 saturated heterocycles. The van der Waals surface area contributed by atoms with Gasteiger partial charge in [0.15, 0.2) is 5.82 Å². The summed E-state index contributed by atoms with van der Waals surface area (Å²) in [5, 5.41) is 11.2. The molecular weight excluding hydrogens is 260 g/mol. The van der Waals surface area contributed by atoms with Crippen molar-refractivity contribution in [1.82, 2.24) is 15.0 Å². The molecule has 0 fully saturated rings. The second-order valence-corrected chi connectivity index (χ2v) is 4.81. The summed E-state index contributed by atoms with van der Waals surface area (Å²) >= 11 is 2.48. The van der Waals surface area contributed by atoms with Gasteiger partial charge in [0, 0.05) is 23.5 Å². The van der Waals surface area contributed by atoms with Crippen LogP contribution in [0.1, 0.15) is 15.5 Å². The predicted molar refractivity (Wildman–Crippen MR) is 65.1 cm³/mol. The van der Waals surface area contributed by atoms with Gasteiger partial charge in [-0.05, 0) is 0 Å². The normalized spacial score (nSPS) is 10.4. The molecule has 88 valence electrons. The van der Waals surface area contributed by atoms with Gasteiger partial charge in [-0.1, -0.05) is 11.8 Å². The highest BCUT2D eigenvalue weighted by atomic mass is 32.2. The monoisotopic (exact) mass is 268 g/mol. The minimum Gasteiger partial charge on any atom is -0.476 e. The molecule has 0 bridgehead atoms. The molecule has 2 aromatic heterocycles. The molecule has 0 aliphatic heterocycles. The van der Waals surface area contributed by atoms with E-state index in [1.165, 1.54) is 18.0 Å². The van der Waals surface area contributed by atoms with E-state index in [4.69, 9.17) is 10.8 Å². The van der Waals surface area contributed by atoms with E-state index >= 15 is 0 Å². The number of hydrogen-bond donors (Lipinski definition) is 2.